The van der Waals surface area contributed by atoms with Crippen molar-refractivity contribution < 1.29 is 22.8 Å². The summed E-state index contributed by atoms with van der Waals surface area (Å²) < 4.78 is 37.9. The topological polar surface area (TPSA) is 82.1 Å². The predicted octanol–water partition coefficient (Wildman–Crippen LogP) is 4.90. The molecular weight excluding hydrogens is 419 g/mol. The van der Waals surface area contributed by atoms with Gasteiger partial charge in [-0.3, -0.25) is 15.0 Å². The van der Waals surface area contributed by atoms with Crippen LogP contribution in [0.25, 0.3) is 0 Å². The van der Waals surface area contributed by atoms with Crippen LogP contribution in [0.4, 0.5) is 13.2 Å². The second-order valence-corrected chi connectivity index (χ2v) is 9.37. The number of amides is 2. The van der Waals surface area contributed by atoms with Crippen molar-refractivity contribution in [2.75, 3.05) is 0 Å². The number of carbonyl (C=O) groups excluding carboxylic acids is 2. The van der Waals surface area contributed by atoms with Crippen molar-refractivity contribution in [1.82, 2.24) is 10.6 Å². The fraction of sp³-hybridized carbons (Fsp3) is 0.375. The molecule has 0 atom stereocenters. The van der Waals surface area contributed by atoms with Crippen LogP contribution in [0, 0.1) is 5.41 Å². The Morgan fingerprint density at radius 3 is 1.59 bits per heavy atom. The van der Waals surface area contributed by atoms with Gasteiger partial charge in [-0.1, -0.05) is 24.3 Å². The van der Waals surface area contributed by atoms with Gasteiger partial charge in [-0.05, 0) is 70.9 Å². The molecule has 0 saturated carbocycles. The van der Waals surface area contributed by atoms with Crippen molar-refractivity contribution >= 4 is 17.5 Å². The SMILES string of the molecule is CC(C)(C)NC(=O)c1ccc(CC(C)(C)NC(=O)c2ccc(C(=N)C(F)(F)F)cc2)cc1. The first kappa shape index (κ1) is 25.1. The third-order valence-corrected chi connectivity index (χ3v) is 4.52. The van der Waals surface area contributed by atoms with Crippen LogP contribution in [0.5, 0.6) is 0 Å². The summed E-state index contributed by atoms with van der Waals surface area (Å²) in [6.45, 7) is 9.37. The first-order chi connectivity index (χ1) is 14.6. The molecule has 0 fully saturated rings. The minimum absolute atomic E-state index is 0.168. The number of benzene rings is 2. The zero-order valence-electron chi connectivity index (χ0n) is 18.8. The highest BCUT2D eigenvalue weighted by Gasteiger charge is 2.35. The molecule has 0 heterocycles. The maximum atomic E-state index is 12.6. The Morgan fingerprint density at radius 2 is 1.16 bits per heavy atom. The molecule has 2 rings (SSSR count). The van der Waals surface area contributed by atoms with Gasteiger partial charge in [0.1, 0.15) is 5.71 Å². The van der Waals surface area contributed by atoms with E-state index < -0.39 is 23.3 Å². The van der Waals surface area contributed by atoms with E-state index in [1.807, 2.05) is 46.8 Å². The lowest BCUT2D eigenvalue weighted by Crippen LogP contribution is -2.45. The summed E-state index contributed by atoms with van der Waals surface area (Å²) in [4.78, 5) is 24.8. The molecule has 0 radical (unpaired) electrons. The van der Waals surface area contributed by atoms with Crippen LogP contribution in [-0.4, -0.2) is 34.8 Å². The van der Waals surface area contributed by atoms with Crippen LogP contribution in [0.2, 0.25) is 0 Å². The summed E-state index contributed by atoms with van der Waals surface area (Å²) in [5, 5.41) is 12.9. The van der Waals surface area contributed by atoms with E-state index in [2.05, 4.69) is 10.6 Å². The molecule has 2 aromatic carbocycles. The summed E-state index contributed by atoms with van der Waals surface area (Å²) in [6.07, 6.45) is -4.26. The van der Waals surface area contributed by atoms with Crippen molar-refractivity contribution in [3.63, 3.8) is 0 Å². The largest absolute Gasteiger partial charge is 0.433 e. The van der Waals surface area contributed by atoms with E-state index in [-0.39, 0.29) is 22.6 Å². The van der Waals surface area contributed by atoms with Crippen LogP contribution in [-0.2, 0) is 6.42 Å². The zero-order chi connectivity index (χ0) is 24.3. The standard InChI is InChI=1S/C24H28F3N3O2/c1-22(2,3)29-20(31)17-8-6-15(7-9-17)14-23(4,5)30-21(32)18-12-10-16(11-13-18)19(28)24(25,26)27/h6-13,28H,14H2,1-5H3,(H,29,31)(H,30,32). The molecule has 0 aromatic heterocycles. The molecule has 3 N–H and O–H groups in total. The molecule has 5 nitrogen and oxygen atoms in total. The summed E-state index contributed by atoms with van der Waals surface area (Å²) in [6, 6.07) is 11.8. The van der Waals surface area contributed by atoms with Gasteiger partial charge >= 0.3 is 6.18 Å². The highest BCUT2D eigenvalue weighted by molar-refractivity contribution is 6.03. The molecule has 32 heavy (non-hydrogen) atoms. The molecule has 2 aromatic rings. The molecule has 0 aliphatic rings. The average molecular weight is 448 g/mol. The molecule has 0 saturated heterocycles. The van der Waals surface area contributed by atoms with Gasteiger partial charge in [0, 0.05) is 27.8 Å². The first-order valence-corrected chi connectivity index (χ1v) is 10.1. The van der Waals surface area contributed by atoms with Gasteiger partial charge in [0.25, 0.3) is 11.8 Å². The Morgan fingerprint density at radius 1 is 0.750 bits per heavy atom. The van der Waals surface area contributed by atoms with Crippen LogP contribution in [0.3, 0.4) is 0 Å². The second-order valence-electron chi connectivity index (χ2n) is 9.37. The zero-order valence-corrected chi connectivity index (χ0v) is 18.8. The van der Waals surface area contributed by atoms with Crippen molar-refractivity contribution in [1.29, 1.82) is 5.41 Å². The van der Waals surface area contributed by atoms with Crippen molar-refractivity contribution in [2.24, 2.45) is 0 Å². The molecule has 172 valence electrons. The number of rotatable bonds is 6. The van der Waals surface area contributed by atoms with Crippen LogP contribution < -0.4 is 10.6 Å². The Hall–Kier alpha value is -3.16. The van der Waals surface area contributed by atoms with E-state index >= 15 is 0 Å². The quantitative estimate of drug-likeness (QED) is 0.551. The number of alkyl halides is 3. The van der Waals surface area contributed by atoms with Gasteiger partial charge in [0.2, 0.25) is 0 Å². The third-order valence-electron chi connectivity index (χ3n) is 4.52. The molecule has 0 unspecified atom stereocenters. The summed E-state index contributed by atoms with van der Waals surface area (Å²) in [7, 11) is 0. The summed E-state index contributed by atoms with van der Waals surface area (Å²) in [5.74, 6) is -0.597. The minimum atomic E-state index is -4.74. The van der Waals surface area contributed by atoms with E-state index in [9.17, 15) is 22.8 Å². The molecule has 2 amide bonds. The van der Waals surface area contributed by atoms with Gasteiger partial charge in [0.15, 0.2) is 0 Å². The van der Waals surface area contributed by atoms with Gasteiger partial charge in [-0.2, -0.15) is 13.2 Å². The molecule has 0 aliphatic heterocycles. The van der Waals surface area contributed by atoms with Crippen molar-refractivity contribution in [3.05, 3.63) is 70.8 Å². The molecule has 8 heteroatoms. The number of halogens is 3. The van der Waals surface area contributed by atoms with Gasteiger partial charge < -0.3 is 10.6 Å². The van der Waals surface area contributed by atoms with Crippen LogP contribution in [0.15, 0.2) is 48.5 Å². The normalized spacial score (nSPS) is 12.2. The lowest BCUT2D eigenvalue weighted by atomic mass is 9.93. The second kappa shape index (κ2) is 9.14. The monoisotopic (exact) mass is 447 g/mol. The maximum absolute atomic E-state index is 12.6. The van der Waals surface area contributed by atoms with Crippen LogP contribution >= 0.6 is 0 Å². The van der Waals surface area contributed by atoms with Gasteiger partial charge in [-0.15, -0.1) is 0 Å². The fourth-order valence-corrected chi connectivity index (χ4v) is 3.07. The highest BCUT2D eigenvalue weighted by Crippen LogP contribution is 2.22. The number of hydrogen-bond donors (Lipinski definition) is 3. The molecule has 0 aliphatic carbocycles. The summed E-state index contributed by atoms with van der Waals surface area (Å²) in [5.41, 5.74) is -1.09. The van der Waals surface area contributed by atoms with E-state index in [1.54, 1.807) is 12.1 Å². The van der Waals surface area contributed by atoms with Gasteiger partial charge in [-0.25, -0.2) is 0 Å². The lowest BCUT2D eigenvalue weighted by molar-refractivity contribution is -0.0587. The van der Waals surface area contributed by atoms with E-state index in [0.29, 0.717) is 12.0 Å². The Labute approximate surface area is 185 Å². The summed E-state index contributed by atoms with van der Waals surface area (Å²) >= 11 is 0. The van der Waals surface area contributed by atoms with Crippen molar-refractivity contribution in [3.8, 4) is 0 Å². The van der Waals surface area contributed by atoms with E-state index in [0.717, 1.165) is 17.7 Å². The molecule has 0 spiro atoms. The Kier molecular flexibility index (Phi) is 7.17. The van der Waals surface area contributed by atoms with Crippen LogP contribution in [0.1, 0.15) is 66.5 Å². The minimum Gasteiger partial charge on any atom is -0.347 e. The number of carbonyl (C=O) groups is 2. The van der Waals surface area contributed by atoms with Gasteiger partial charge in [0.05, 0.1) is 0 Å². The third kappa shape index (κ3) is 7.21. The molecular formula is C24H28F3N3O2. The number of nitrogens with one attached hydrogen (secondary N) is 3. The Bertz CT molecular complexity index is 987. The lowest BCUT2D eigenvalue weighted by Gasteiger charge is -2.27. The predicted molar refractivity (Wildman–Crippen MR) is 118 cm³/mol. The van der Waals surface area contributed by atoms with Crippen molar-refractivity contribution in [2.45, 2.75) is 58.3 Å². The van der Waals surface area contributed by atoms with E-state index in [4.69, 9.17) is 5.41 Å². The average Bonchev–Trinajstić information content (AvgIpc) is 2.65. The van der Waals surface area contributed by atoms with E-state index in [1.165, 1.54) is 12.1 Å². The maximum Gasteiger partial charge on any atom is 0.433 e. The highest BCUT2D eigenvalue weighted by atomic mass is 19.4. The number of hydrogen-bond acceptors (Lipinski definition) is 3. The fourth-order valence-electron chi connectivity index (χ4n) is 3.07. The Balaban J connectivity index is 2.03. The molecule has 0 bridgehead atoms. The smallest absolute Gasteiger partial charge is 0.347 e. The first-order valence-electron chi connectivity index (χ1n) is 10.1.